The van der Waals surface area contributed by atoms with Gasteiger partial charge < -0.3 is 10.6 Å². The number of benzene rings is 1. The molecule has 0 aromatic heterocycles. The van der Waals surface area contributed by atoms with Gasteiger partial charge in [-0.15, -0.1) is 0 Å². The molecule has 1 aliphatic heterocycles. The minimum absolute atomic E-state index is 0.0801. The Labute approximate surface area is 103 Å². The SMILES string of the molecule is CC1NCCC1C(=O)N[C@@H](C)c1ccccc1. The Morgan fingerprint density at radius 2 is 2.12 bits per heavy atom. The zero-order valence-corrected chi connectivity index (χ0v) is 10.4. The van der Waals surface area contributed by atoms with Crippen LogP contribution >= 0.6 is 0 Å². The molecule has 0 spiro atoms. The highest BCUT2D eigenvalue weighted by Gasteiger charge is 2.29. The van der Waals surface area contributed by atoms with Crippen LogP contribution in [0.1, 0.15) is 31.9 Å². The van der Waals surface area contributed by atoms with Gasteiger partial charge in [0.05, 0.1) is 12.0 Å². The van der Waals surface area contributed by atoms with Crippen LogP contribution in [0.3, 0.4) is 0 Å². The predicted molar refractivity (Wildman–Crippen MR) is 68.6 cm³/mol. The number of carbonyl (C=O) groups is 1. The highest BCUT2D eigenvalue weighted by molar-refractivity contribution is 5.80. The van der Waals surface area contributed by atoms with Gasteiger partial charge in [0.1, 0.15) is 0 Å². The lowest BCUT2D eigenvalue weighted by atomic mass is 10.00. The highest BCUT2D eigenvalue weighted by atomic mass is 16.2. The molecule has 2 unspecified atom stereocenters. The zero-order valence-electron chi connectivity index (χ0n) is 10.4. The number of amides is 1. The summed E-state index contributed by atoms with van der Waals surface area (Å²) in [6, 6.07) is 10.4. The van der Waals surface area contributed by atoms with Crippen molar-refractivity contribution in [3.05, 3.63) is 35.9 Å². The number of rotatable bonds is 3. The number of carbonyl (C=O) groups excluding carboxylic acids is 1. The summed E-state index contributed by atoms with van der Waals surface area (Å²) >= 11 is 0. The van der Waals surface area contributed by atoms with E-state index >= 15 is 0 Å². The van der Waals surface area contributed by atoms with Gasteiger partial charge in [-0.05, 0) is 32.4 Å². The van der Waals surface area contributed by atoms with E-state index in [0.717, 1.165) is 18.5 Å². The summed E-state index contributed by atoms with van der Waals surface area (Å²) in [5.74, 6) is 0.278. The van der Waals surface area contributed by atoms with Crippen LogP contribution in [0.25, 0.3) is 0 Å². The van der Waals surface area contributed by atoms with Gasteiger partial charge in [0.25, 0.3) is 0 Å². The van der Waals surface area contributed by atoms with Crippen molar-refractivity contribution in [3.63, 3.8) is 0 Å². The monoisotopic (exact) mass is 232 g/mol. The van der Waals surface area contributed by atoms with Crippen molar-refractivity contribution in [2.24, 2.45) is 5.92 Å². The quantitative estimate of drug-likeness (QED) is 0.835. The van der Waals surface area contributed by atoms with Crippen LogP contribution in [-0.2, 0) is 4.79 Å². The van der Waals surface area contributed by atoms with Gasteiger partial charge in [-0.1, -0.05) is 30.3 Å². The molecule has 0 aliphatic carbocycles. The Kier molecular flexibility index (Phi) is 3.79. The molecule has 92 valence electrons. The first-order chi connectivity index (χ1) is 8.18. The van der Waals surface area contributed by atoms with Crippen molar-refractivity contribution in [1.82, 2.24) is 10.6 Å². The van der Waals surface area contributed by atoms with Crippen LogP contribution in [0.4, 0.5) is 0 Å². The molecule has 1 fully saturated rings. The van der Waals surface area contributed by atoms with Gasteiger partial charge >= 0.3 is 0 Å². The summed E-state index contributed by atoms with van der Waals surface area (Å²) in [5, 5.41) is 6.39. The molecule has 1 heterocycles. The summed E-state index contributed by atoms with van der Waals surface area (Å²) in [6.07, 6.45) is 0.939. The predicted octanol–water partition coefficient (Wildman–Crippen LogP) is 1.86. The maximum absolute atomic E-state index is 12.1. The van der Waals surface area contributed by atoms with Gasteiger partial charge in [0.15, 0.2) is 0 Å². The van der Waals surface area contributed by atoms with Crippen molar-refractivity contribution in [2.45, 2.75) is 32.4 Å². The van der Waals surface area contributed by atoms with E-state index in [1.807, 2.05) is 37.3 Å². The first kappa shape index (κ1) is 12.1. The van der Waals surface area contributed by atoms with Gasteiger partial charge in [0.2, 0.25) is 5.91 Å². The Morgan fingerprint density at radius 3 is 2.71 bits per heavy atom. The van der Waals surface area contributed by atoms with Crippen molar-refractivity contribution < 1.29 is 4.79 Å². The zero-order chi connectivity index (χ0) is 12.3. The molecule has 3 atom stereocenters. The standard InChI is InChI=1S/C14H20N2O/c1-10(12-6-4-3-5-7-12)16-14(17)13-8-9-15-11(13)2/h3-7,10-11,13,15H,8-9H2,1-2H3,(H,16,17)/t10-,11?,13?/m0/s1. The molecule has 1 aliphatic rings. The van der Waals surface area contributed by atoms with Crippen molar-refractivity contribution in [2.75, 3.05) is 6.54 Å². The molecule has 2 N–H and O–H groups in total. The third-order valence-corrected chi connectivity index (χ3v) is 3.52. The molecule has 3 nitrogen and oxygen atoms in total. The molecular formula is C14H20N2O. The maximum Gasteiger partial charge on any atom is 0.225 e. The van der Waals surface area contributed by atoms with E-state index in [2.05, 4.69) is 17.6 Å². The van der Waals surface area contributed by atoms with E-state index in [-0.39, 0.29) is 23.9 Å². The molecule has 0 saturated carbocycles. The Hall–Kier alpha value is -1.35. The second-order valence-electron chi connectivity index (χ2n) is 4.78. The van der Waals surface area contributed by atoms with E-state index in [1.165, 1.54) is 0 Å². The smallest absolute Gasteiger partial charge is 0.225 e. The molecular weight excluding hydrogens is 212 g/mol. The van der Waals surface area contributed by atoms with Crippen molar-refractivity contribution in [3.8, 4) is 0 Å². The fraction of sp³-hybridized carbons (Fsp3) is 0.500. The minimum Gasteiger partial charge on any atom is -0.349 e. The van der Waals surface area contributed by atoms with Crippen LogP contribution in [0.5, 0.6) is 0 Å². The Morgan fingerprint density at radius 1 is 1.41 bits per heavy atom. The first-order valence-electron chi connectivity index (χ1n) is 6.27. The lowest BCUT2D eigenvalue weighted by Crippen LogP contribution is -2.37. The third kappa shape index (κ3) is 2.86. The number of nitrogens with one attached hydrogen (secondary N) is 2. The first-order valence-corrected chi connectivity index (χ1v) is 6.27. The van der Waals surface area contributed by atoms with Gasteiger partial charge in [-0.3, -0.25) is 4.79 Å². The van der Waals surface area contributed by atoms with Gasteiger partial charge in [0, 0.05) is 6.04 Å². The molecule has 1 aromatic carbocycles. The van der Waals surface area contributed by atoms with Gasteiger partial charge in [-0.25, -0.2) is 0 Å². The topological polar surface area (TPSA) is 41.1 Å². The summed E-state index contributed by atoms with van der Waals surface area (Å²) < 4.78 is 0. The third-order valence-electron chi connectivity index (χ3n) is 3.52. The Balaban J connectivity index is 1.95. The molecule has 1 aromatic rings. The second-order valence-corrected chi connectivity index (χ2v) is 4.78. The van der Waals surface area contributed by atoms with E-state index in [0.29, 0.717) is 0 Å². The summed E-state index contributed by atoms with van der Waals surface area (Å²) in [6.45, 7) is 5.05. The highest BCUT2D eigenvalue weighted by Crippen LogP contribution is 2.18. The molecule has 17 heavy (non-hydrogen) atoms. The van der Waals surface area contributed by atoms with Crippen molar-refractivity contribution in [1.29, 1.82) is 0 Å². The van der Waals surface area contributed by atoms with Crippen LogP contribution in [0.2, 0.25) is 0 Å². The van der Waals surface area contributed by atoms with Crippen LogP contribution in [-0.4, -0.2) is 18.5 Å². The van der Waals surface area contributed by atoms with Crippen LogP contribution in [0, 0.1) is 5.92 Å². The lowest BCUT2D eigenvalue weighted by Gasteiger charge is -2.19. The lowest BCUT2D eigenvalue weighted by molar-refractivity contribution is -0.125. The Bertz CT molecular complexity index is 377. The minimum atomic E-state index is 0.0801. The number of hydrogen-bond acceptors (Lipinski definition) is 2. The van der Waals surface area contributed by atoms with Crippen LogP contribution < -0.4 is 10.6 Å². The van der Waals surface area contributed by atoms with Gasteiger partial charge in [-0.2, -0.15) is 0 Å². The largest absolute Gasteiger partial charge is 0.349 e. The molecule has 0 radical (unpaired) electrons. The average Bonchev–Trinajstić information content (AvgIpc) is 2.76. The molecule has 1 amide bonds. The van der Waals surface area contributed by atoms with E-state index in [4.69, 9.17) is 0 Å². The summed E-state index contributed by atoms with van der Waals surface area (Å²) in [4.78, 5) is 12.1. The summed E-state index contributed by atoms with van der Waals surface area (Å²) in [7, 11) is 0. The van der Waals surface area contributed by atoms with E-state index in [9.17, 15) is 4.79 Å². The maximum atomic E-state index is 12.1. The summed E-state index contributed by atoms with van der Waals surface area (Å²) in [5.41, 5.74) is 1.15. The van der Waals surface area contributed by atoms with E-state index < -0.39 is 0 Å². The van der Waals surface area contributed by atoms with E-state index in [1.54, 1.807) is 0 Å². The molecule has 3 heteroatoms. The average molecular weight is 232 g/mol. The normalized spacial score (nSPS) is 25.5. The van der Waals surface area contributed by atoms with Crippen LogP contribution in [0.15, 0.2) is 30.3 Å². The fourth-order valence-electron chi connectivity index (χ4n) is 2.36. The number of hydrogen-bond donors (Lipinski definition) is 2. The fourth-order valence-corrected chi connectivity index (χ4v) is 2.36. The second kappa shape index (κ2) is 5.32. The molecule has 2 rings (SSSR count). The van der Waals surface area contributed by atoms with Crippen molar-refractivity contribution >= 4 is 5.91 Å². The molecule has 0 bridgehead atoms. The molecule has 1 saturated heterocycles.